The molecule has 20 heavy (non-hydrogen) atoms. The summed E-state index contributed by atoms with van der Waals surface area (Å²) < 4.78 is 0. The SMILES string of the molecule is Cc1ccc(C(C)(C)C(=O)NC(CCO)C(C)C)cc1. The molecule has 0 aliphatic carbocycles. The molecule has 0 fully saturated rings. The third kappa shape index (κ3) is 4.07. The Hall–Kier alpha value is -1.35. The van der Waals surface area contributed by atoms with Crippen LogP contribution in [0.25, 0.3) is 0 Å². The van der Waals surface area contributed by atoms with Crippen LogP contribution in [0.1, 0.15) is 45.2 Å². The number of carbonyl (C=O) groups is 1. The second-order valence-corrected chi connectivity index (χ2v) is 6.33. The molecule has 0 spiro atoms. The first-order chi connectivity index (χ1) is 9.28. The van der Waals surface area contributed by atoms with Crippen molar-refractivity contribution in [3.8, 4) is 0 Å². The van der Waals surface area contributed by atoms with Crippen LogP contribution in [0.5, 0.6) is 0 Å². The Bertz CT molecular complexity index is 435. The van der Waals surface area contributed by atoms with E-state index in [4.69, 9.17) is 5.11 Å². The Morgan fingerprint density at radius 1 is 1.25 bits per heavy atom. The van der Waals surface area contributed by atoms with Crippen LogP contribution in [-0.2, 0) is 10.2 Å². The molecule has 1 amide bonds. The van der Waals surface area contributed by atoms with E-state index in [1.807, 2.05) is 45.0 Å². The van der Waals surface area contributed by atoms with Gasteiger partial charge in [-0.1, -0.05) is 43.7 Å². The van der Waals surface area contributed by atoms with E-state index in [0.717, 1.165) is 5.56 Å². The van der Waals surface area contributed by atoms with Gasteiger partial charge >= 0.3 is 0 Å². The third-order valence-corrected chi connectivity index (χ3v) is 3.90. The molecule has 2 N–H and O–H groups in total. The molecule has 0 saturated heterocycles. The highest BCUT2D eigenvalue weighted by atomic mass is 16.3. The molecule has 0 radical (unpaired) electrons. The van der Waals surface area contributed by atoms with Gasteiger partial charge in [0.25, 0.3) is 0 Å². The first kappa shape index (κ1) is 16.7. The van der Waals surface area contributed by atoms with E-state index in [2.05, 4.69) is 19.2 Å². The molecular weight excluding hydrogens is 250 g/mol. The zero-order valence-electron chi connectivity index (χ0n) is 13.2. The lowest BCUT2D eigenvalue weighted by Gasteiger charge is -2.29. The molecule has 3 heteroatoms. The van der Waals surface area contributed by atoms with E-state index in [0.29, 0.717) is 12.3 Å². The molecule has 3 nitrogen and oxygen atoms in total. The summed E-state index contributed by atoms with van der Waals surface area (Å²) >= 11 is 0. The topological polar surface area (TPSA) is 49.3 Å². The van der Waals surface area contributed by atoms with Gasteiger partial charge in [0.2, 0.25) is 5.91 Å². The molecule has 1 aromatic carbocycles. The summed E-state index contributed by atoms with van der Waals surface area (Å²) in [6.07, 6.45) is 0.591. The number of aliphatic hydroxyl groups is 1. The Morgan fingerprint density at radius 3 is 2.25 bits per heavy atom. The first-order valence-electron chi connectivity index (χ1n) is 7.28. The van der Waals surface area contributed by atoms with Crippen molar-refractivity contribution in [1.29, 1.82) is 0 Å². The fourth-order valence-electron chi connectivity index (χ4n) is 2.16. The van der Waals surface area contributed by atoms with Crippen molar-refractivity contribution in [3.05, 3.63) is 35.4 Å². The zero-order valence-corrected chi connectivity index (χ0v) is 13.2. The third-order valence-electron chi connectivity index (χ3n) is 3.90. The van der Waals surface area contributed by atoms with E-state index in [1.165, 1.54) is 5.56 Å². The average Bonchev–Trinajstić information content (AvgIpc) is 2.38. The van der Waals surface area contributed by atoms with E-state index in [-0.39, 0.29) is 18.6 Å². The molecule has 0 aromatic heterocycles. The predicted molar refractivity (Wildman–Crippen MR) is 82.7 cm³/mol. The van der Waals surface area contributed by atoms with E-state index >= 15 is 0 Å². The van der Waals surface area contributed by atoms with Crippen LogP contribution in [-0.4, -0.2) is 23.7 Å². The Balaban J connectivity index is 2.85. The van der Waals surface area contributed by atoms with Crippen molar-refractivity contribution in [2.75, 3.05) is 6.61 Å². The van der Waals surface area contributed by atoms with Crippen LogP contribution in [0.4, 0.5) is 0 Å². The number of benzene rings is 1. The second kappa shape index (κ2) is 6.89. The van der Waals surface area contributed by atoms with Gasteiger partial charge in [0.05, 0.1) is 5.41 Å². The van der Waals surface area contributed by atoms with Gasteiger partial charge in [-0.2, -0.15) is 0 Å². The quantitative estimate of drug-likeness (QED) is 0.840. The monoisotopic (exact) mass is 277 g/mol. The van der Waals surface area contributed by atoms with Gasteiger partial charge in [-0.25, -0.2) is 0 Å². The predicted octanol–water partition coefficient (Wildman–Crippen LogP) is 2.80. The summed E-state index contributed by atoms with van der Waals surface area (Å²) in [5, 5.41) is 12.2. The second-order valence-electron chi connectivity index (χ2n) is 6.33. The minimum Gasteiger partial charge on any atom is -0.396 e. The molecule has 112 valence electrons. The number of aryl methyl sites for hydroxylation is 1. The smallest absolute Gasteiger partial charge is 0.230 e. The van der Waals surface area contributed by atoms with Crippen molar-refractivity contribution in [2.45, 2.75) is 52.5 Å². The normalized spacial score (nSPS) is 13.3. The number of amides is 1. The molecule has 0 heterocycles. The summed E-state index contributed by atoms with van der Waals surface area (Å²) in [5.74, 6) is 0.313. The largest absolute Gasteiger partial charge is 0.396 e. The zero-order chi connectivity index (χ0) is 15.3. The van der Waals surface area contributed by atoms with Gasteiger partial charge in [0, 0.05) is 12.6 Å². The summed E-state index contributed by atoms with van der Waals surface area (Å²) in [6.45, 7) is 10.1. The molecule has 0 aliphatic heterocycles. The number of aliphatic hydroxyl groups excluding tert-OH is 1. The molecule has 1 rings (SSSR count). The van der Waals surface area contributed by atoms with Crippen LogP contribution < -0.4 is 5.32 Å². The standard InChI is InChI=1S/C17H27NO2/c1-12(2)15(10-11-19)18-16(20)17(4,5)14-8-6-13(3)7-9-14/h6-9,12,15,19H,10-11H2,1-5H3,(H,18,20). The van der Waals surface area contributed by atoms with Crippen molar-refractivity contribution in [3.63, 3.8) is 0 Å². The van der Waals surface area contributed by atoms with E-state index in [1.54, 1.807) is 0 Å². The average molecular weight is 277 g/mol. The maximum absolute atomic E-state index is 12.5. The van der Waals surface area contributed by atoms with Gasteiger partial charge < -0.3 is 10.4 Å². The Labute approximate surface area is 122 Å². The highest BCUT2D eigenvalue weighted by Crippen LogP contribution is 2.24. The van der Waals surface area contributed by atoms with Crippen LogP contribution in [0, 0.1) is 12.8 Å². The minimum atomic E-state index is -0.573. The molecule has 0 aliphatic rings. The molecule has 1 unspecified atom stereocenters. The van der Waals surface area contributed by atoms with Crippen LogP contribution in [0.15, 0.2) is 24.3 Å². The first-order valence-corrected chi connectivity index (χ1v) is 7.28. The van der Waals surface area contributed by atoms with Gasteiger partial charge in [0.1, 0.15) is 0 Å². The number of rotatable bonds is 6. The highest BCUT2D eigenvalue weighted by Gasteiger charge is 2.31. The van der Waals surface area contributed by atoms with Crippen molar-refractivity contribution >= 4 is 5.91 Å². The van der Waals surface area contributed by atoms with Crippen molar-refractivity contribution < 1.29 is 9.90 Å². The minimum absolute atomic E-state index is 0.00787. The lowest BCUT2D eigenvalue weighted by atomic mass is 9.82. The Morgan fingerprint density at radius 2 is 1.80 bits per heavy atom. The maximum atomic E-state index is 12.5. The summed E-state index contributed by atoms with van der Waals surface area (Å²) in [4.78, 5) is 12.5. The molecular formula is C17H27NO2. The van der Waals surface area contributed by atoms with Crippen LogP contribution in [0.3, 0.4) is 0 Å². The lowest BCUT2D eigenvalue weighted by molar-refractivity contribution is -0.126. The molecule has 0 bridgehead atoms. The molecule has 1 atom stereocenters. The van der Waals surface area contributed by atoms with Gasteiger partial charge in [0.15, 0.2) is 0 Å². The van der Waals surface area contributed by atoms with Gasteiger partial charge in [-0.05, 0) is 38.7 Å². The van der Waals surface area contributed by atoms with Crippen LogP contribution >= 0.6 is 0 Å². The van der Waals surface area contributed by atoms with Crippen molar-refractivity contribution in [2.24, 2.45) is 5.92 Å². The van der Waals surface area contributed by atoms with Crippen molar-refractivity contribution in [1.82, 2.24) is 5.32 Å². The summed E-state index contributed by atoms with van der Waals surface area (Å²) in [6, 6.07) is 8.07. The summed E-state index contributed by atoms with van der Waals surface area (Å²) in [7, 11) is 0. The van der Waals surface area contributed by atoms with Crippen LogP contribution in [0.2, 0.25) is 0 Å². The number of hydrogen-bond donors (Lipinski definition) is 2. The maximum Gasteiger partial charge on any atom is 0.230 e. The number of hydrogen-bond acceptors (Lipinski definition) is 2. The van der Waals surface area contributed by atoms with E-state index < -0.39 is 5.41 Å². The lowest BCUT2D eigenvalue weighted by Crippen LogP contribution is -2.47. The van der Waals surface area contributed by atoms with E-state index in [9.17, 15) is 4.79 Å². The van der Waals surface area contributed by atoms with Gasteiger partial charge in [-0.3, -0.25) is 4.79 Å². The molecule has 1 aromatic rings. The molecule has 0 saturated carbocycles. The van der Waals surface area contributed by atoms with Gasteiger partial charge in [-0.15, -0.1) is 0 Å². The number of carbonyl (C=O) groups excluding carboxylic acids is 1. The summed E-state index contributed by atoms with van der Waals surface area (Å²) in [5.41, 5.74) is 1.62. The Kier molecular flexibility index (Phi) is 5.75. The fourth-order valence-corrected chi connectivity index (χ4v) is 2.16. The fraction of sp³-hybridized carbons (Fsp3) is 0.588. The highest BCUT2D eigenvalue weighted by molar-refractivity contribution is 5.87. The number of nitrogens with one attached hydrogen (secondary N) is 1.